The summed E-state index contributed by atoms with van der Waals surface area (Å²) in [7, 11) is 0. The average Bonchev–Trinajstić information content (AvgIpc) is 2.95. The zero-order valence-corrected chi connectivity index (χ0v) is 12.1. The fourth-order valence-corrected chi connectivity index (χ4v) is 2.66. The first-order valence-electron chi connectivity index (χ1n) is 7.31. The summed E-state index contributed by atoms with van der Waals surface area (Å²) in [5, 5.41) is 0. The molecule has 0 spiro atoms. The van der Waals surface area contributed by atoms with Crippen LogP contribution in [0.1, 0.15) is 24.8 Å². The molecule has 2 aromatic rings. The molecule has 1 aliphatic rings. The summed E-state index contributed by atoms with van der Waals surface area (Å²) in [4.78, 5) is 16.3. The van der Waals surface area contributed by atoms with Crippen LogP contribution in [0.3, 0.4) is 0 Å². The van der Waals surface area contributed by atoms with Gasteiger partial charge in [0.2, 0.25) is 0 Å². The number of aromatic nitrogens is 2. The van der Waals surface area contributed by atoms with Crippen molar-refractivity contribution in [1.29, 1.82) is 0 Å². The number of halogens is 1. The first-order chi connectivity index (χ1) is 10.6. The Morgan fingerprint density at radius 2 is 2.27 bits per heavy atom. The summed E-state index contributed by atoms with van der Waals surface area (Å²) in [6.07, 6.45) is 4.18. The second kappa shape index (κ2) is 6.27. The zero-order valence-electron chi connectivity index (χ0n) is 12.1. The van der Waals surface area contributed by atoms with E-state index in [1.54, 1.807) is 36.7 Å². The highest BCUT2D eigenvalue weighted by molar-refractivity contribution is 5.41. The first-order valence-corrected chi connectivity index (χ1v) is 7.31. The maximum atomic E-state index is 13.1. The number of nitrogens with zero attached hydrogens (tertiary/aromatic N) is 2. The van der Waals surface area contributed by atoms with E-state index in [1.807, 2.05) is 0 Å². The molecule has 1 saturated carbocycles. The Labute approximate surface area is 127 Å². The van der Waals surface area contributed by atoms with E-state index in [9.17, 15) is 9.18 Å². The molecule has 2 atom stereocenters. The quantitative estimate of drug-likeness (QED) is 0.940. The average molecular weight is 303 g/mol. The summed E-state index contributed by atoms with van der Waals surface area (Å²) in [6.45, 7) is 0.300. The monoisotopic (exact) mass is 303 g/mol. The molecule has 3 rings (SSSR count). The molecule has 116 valence electrons. The van der Waals surface area contributed by atoms with Crippen molar-refractivity contribution in [1.82, 2.24) is 9.55 Å². The van der Waals surface area contributed by atoms with Crippen LogP contribution in [0.25, 0.3) is 5.82 Å². The number of anilines is 1. The Morgan fingerprint density at radius 3 is 2.95 bits per heavy atom. The van der Waals surface area contributed by atoms with Crippen molar-refractivity contribution in [2.24, 2.45) is 0 Å². The molecule has 0 amide bonds. The van der Waals surface area contributed by atoms with Gasteiger partial charge in [-0.25, -0.2) is 9.37 Å². The van der Waals surface area contributed by atoms with Gasteiger partial charge in [0, 0.05) is 18.8 Å². The van der Waals surface area contributed by atoms with Crippen molar-refractivity contribution < 1.29 is 9.13 Å². The largest absolute Gasteiger partial charge is 0.394 e. The molecule has 5 nitrogen and oxygen atoms in total. The highest BCUT2D eigenvalue weighted by Crippen LogP contribution is 2.25. The van der Waals surface area contributed by atoms with Crippen molar-refractivity contribution >= 4 is 5.69 Å². The predicted octanol–water partition coefficient (Wildman–Crippen LogP) is 2.22. The Kier molecular flexibility index (Phi) is 4.20. The minimum Gasteiger partial charge on any atom is -0.394 e. The molecule has 0 radical (unpaired) electrons. The molecule has 2 unspecified atom stereocenters. The number of nitrogens with two attached hydrogens (primary N) is 1. The second-order valence-corrected chi connectivity index (χ2v) is 5.51. The third kappa shape index (κ3) is 3.17. The molecule has 2 heterocycles. The summed E-state index contributed by atoms with van der Waals surface area (Å²) in [5.41, 5.74) is 6.38. The number of ether oxygens (including phenoxy) is 1. The number of alkyl halides is 1. The van der Waals surface area contributed by atoms with E-state index in [4.69, 9.17) is 10.5 Å². The maximum absolute atomic E-state index is 13.1. The normalized spacial score (nSPS) is 21.1. The number of nitrogen functional groups attached to an aromatic ring is 1. The van der Waals surface area contributed by atoms with Gasteiger partial charge in [-0.05, 0) is 36.6 Å². The van der Waals surface area contributed by atoms with Crippen molar-refractivity contribution in [2.75, 3.05) is 5.73 Å². The second-order valence-electron chi connectivity index (χ2n) is 5.51. The lowest BCUT2D eigenvalue weighted by Gasteiger charge is -2.13. The van der Waals surface area contributed by atoms with Crippen LogP contribution in [0.2, 0.25) is 0 Å². The Balaban J connectivity index is 1.81. The lowest BCUT2D eigenvalue weighted by Crippen LogP contribution is -2.23. The van der Waals surface area contributed by atoms with E-state index in [0.717, 1.165) is 12.0 Å². The summed E-state index contributed by atoms with van der Waals surface area (Å²) in [6, 6.07) is 6.91. The standard InChI is InChI=1S/C16H18FN3O2/c17-12-4-5-13(8-12)22-10-11-7-14(18)16(21)20(9-11)15-3-1-2-6-19-15/h1-3,6-7,9,12-13H,4-5,8,10,18H2. The number of hydrogen-bond acceptors (Lipinski definition) is 4. The van der Waals surface area contributed by atoms with E-state index in [0.29, 0.717) is 25.3 Å². The van der Waals surface area contributed by atoms with E-state index >= 15 is 0 Å². The van der Waals surface area contributed by atoms with Crippen LogP contribution in [0.4, 0.5) is 10.1 Å². The summed E-state index contributed by atoms with van der Waals surface area (Å²) < 4.78 is 20.3. The molecule has 1 aliphatic carbocycles. The van der Waals surface area contributed by atoms with Gasteiger partial charge < -0.3 is 10.5 Å². The maximum Gasteiger partial charge on any atom is 0.279 e. The molecular weight excluding hydrogens is 285 g/mol. The molecule has 2 N–H and O–H groups in total. The van der Waals surface area contributed by atoms with Crippen LogP contribution in [0, 0.1) is 0 Å². The number of rotatable bonds is 4. The van der Waals surface area contributed by atoms with Crippen LogP contribution in [0.5, 0.6) is 0 Å². The van der Waals surface area contributed by atoms with Crippen molar-refractivity contribution in [2.45, 2.75) is 38.1 Å². The fraction of sp³-hybridized carbons (Fsp3) is 0.375. The lowest BCUT2D eigenvalue weighted by molar-refractivity contribution is 0.0412. The first kappa shape index (κ1) is 14.7. The van der Waals surface area contributed by atoms with E-state index in [2.05, 4.69) is 4.98 Å². The van der Waals surface area contributed by atoms with Gasteiger partial charge in [-0.3, -0.25) is 9.36 Å². The Morgan fingerprint density at radius 1 is 1.41 bits per heavy atom. The van der Waals surface area contributed by atoms with Crippen molar-refractivity contribution in [3.05, 3.63) is 52.6 Å². The van der Waals surface area contributed by atoms with Crippen LogP contribution in [-0.2, 0) is 11.3 Å². The molecule has 0 saturated heterocycles. The van der Waals surface area contributed by atoms with Crippen LogP contribution in [-0.4, -0.2) is 21.8 Å². The molecule has 2 aromatic heterocycles. The van der Waals surface area contributed by atoms with Crippen molar-refractivity contribution in [3.8, 4) is 5.82 Å². The highest BCUT2D eigenvalue weighted by Gasteiger charge is 2.24. The number of pyridine rings is 2. The van der Waals surface area contributed by atoms with Gasteiger partial charge in [-0.15, -0.1) is 0 Å². The van der Waals surface area contributed by atoms with Crippen LogP contribution < -0.4 is 11.3 Å². The smallest absolute Gasteiger partial charge is 0.279 e. The molecule has 0 aliphatic heterocycles. The van der Waals surface area contributed by atoms with Gasteiger partial charge >= 0.3 is 0 Å². The summed E-state index contributed by atoms with van der Waals surface area (Å²) >= 11 is 0. The molecule has 0 bridgehead atoms. The molecular formula is C16H18FN3O2. The Bertz CT molecular complexity index is 702. The predicted molar refractivity (Wildman–Crippen MR) is 81.6 cm³/mol. The molecule has 0 aromatic carbocycles. The van der Waals surface area contributed by atoms with Crippen LogP contribution in [0.15, 0.2) is 41.5 Å². The number of hydrogen-bond donors (Lipinski definition) is 1. The minimum atomic E-state index is -0.766. The van der Waals surface area contributed by atoms with Crippen LogP contribution >= 0.6 is 0 Å². The Hall–Kier alpha value is -2.21. The van der Waals surface area contributed by atoms with Gasteiger partial charge in [0.05, 0.1) is 18.4 Å². The zero-order chi connectivity index (χ0) is 15.5. The third-order valence-electron chi connectivity index (χ3n) is 3.80. The van der Waals surface area contributed by atoms with Gasteiger partial charge in [0.15, 0.2) is 0 Å². The highest BCUT2D eigenvalue weighted by atomic mass is 19.1. The van der Waals surface area contributed by atoms with E-state index in [1.165, 1.54) is 4.57 Å². The van der Waals surface area contributed by atoms with Gasteiger partial charge in [0.1, 0.15) is 12.0 Å². The molecule has 22 heavy (non-hydrogen) atoms. The lowest BCUT2D eigenvalue weighted by atomic mass is 10.2. The van der Waals surface area contributed by atoms with Gasteiger partial charge in [-0.2, -0.15) is 0 Å². The fourth-order valence-electron chi connectivity index (χ4n) is 2.66. The van der Waals surface area contributed by atoms with Gasteiger partial charge in [0.25, 0.3) is 5.56 Å². The minimum absolute atomic E-state index is 0.0635. The molecule has 6 heteroatoms. The van der Waals surface area contributed by atoms with E-state index in [-0.39, 0.29) is 17.4 Å². The summed E-state index contributed by atoms with van der Waals surface area (Å²) in [5.74, 6) is 0.505. The van der Waals surface area contributed by atoms with E-state index < -0.39 is 6.17 Å². The SMILES string of the molecule is Nc1cc(COC2CCC(F)C2)cn(-c2ccccn2)c1=O. The topological polar surface area (TPSA) is 70.1 Å². The molecule has 1 fully saturated rings. The van der Waals surface area contributed by atoms with Crippen molar-refractivity contribution in [3.63, 3.8) is 0 Å². The van der Waals surface area contributed by atoms with Gasteiger partial charge in [-0.1, -0.05) is 6.07 Å². The third-order valence-corrected chi connectivity index (χ3v) is 3.80.